The van der Waals surface area contributed by atoms with E-state index < -0.39 is 10.0 Å². The van der Waals surface area contributed by atoms with E-state index in [9.17, 15) is 8.42 Å². The topological polar surface area (TPSA) is 66.8 Å². The molecule has 1 aliphatic heterocycles. The lowest BCUT2D eigenvalue weighted by atomic mass is 10.1. The van der Waals surface area contributed by atoms with Gasteiger partial charge in [0.15, 0.2) is 0 Å². The minimum atomic E-state index is -3.67. The van der Waals surface area contributed by atoms with Gasteiger partial charge in [0, 0.05) is 19.7 Å². The number of benzene rings is 1. The van der Waals surface area contributed by atoms with Crippen molar-refractivity contribution in [2.24, 2.45) is 0 Å². The highest BCUT2D eigenvalue weighted by Gasteiger charge is 2.32. The van der Waals surface area contributed by atoms with E-state index in [1.807, 2.05) is 6.92 Å². The fourth-order valence-corrected chi connectivity index (χ4v) is 4.51. The van der Waals surface area contributed by atoms with Crippen LogP contribution in [0.3, 0.4) is 0 Å². The predicted molar refractivity (Wildman–Crippen MR) is 80.8 cm³/mol. The summed E-state index contributed by atoms with van der Waals surface area (Å²) < 4.78 is 32.4. The molecule has 7 heteroatoms. The van der Waals surface area contributed by atoms with Crippen LogP contribution >= 0.6 is 11.6 Å². The third-order valence-corrected chi connectivity index (χ3v) is 5.89. The molecule has 5 nitrogen and oxygen atoms in total. The van der Waals surface area contributed by atoms with Gasteiger partial charge in [-0.15, -0.1) is 0 Å². The number of hydrogen-bond donors (Lipinski definition) is 1. The van der Waals surface area contributed by atoms with Crippen LogP contribution in [-0.2, 0) is 21.4 Å². The van der Waals surface area contributed by atoms with E-state index in [2.05, 4.69) is 0 Å². The minimum absolute atomic E-state index is 0.0489. The molecule has 1 heterocycles. The Kier molecular flexibility index (Phi) is 5.62. The smallest absolute Gasteiger partial charge is 0.244 e. The molecule has 1 aliphatic rings. The maximum atomic E-state index is 12.7. The quantitative estimate of drug-likeness (QED) is 0.895. The lowest BCUT2D eigenvalue weighted by Gasteiger charge is -2.31. The molecule has 0 aromatic heterocycles. The monoisotopic (exact) mass is 333 g/mol. The standard InChI is InChI=1S/C14H20ClNO4S/c1-2-20-12-4-3-7-16(9-12)21(18,19)14-8-11(10-17)5-6-13(14)15/h5-6,8,12,17H,2-4,7,9-10H2,1H3. The number of halogens is 1. The molecule has 1 N–H and O–H groups in total. The number of piperidine rings is 1. The number of sulfonamides is 1. The third kappa shape index (κ3) is 3.76. The van der Waals surface area contributed by atoms with Crippen molar-refractivity contribution in [3.63, 3.8) is 0 Å². The van der Waals surface area contributed by atoms with Crippen LogP contribution in [0.15, 0.2) is 23.1 Å². The van der Waals surface area contributed by atoms with Crippen LogP contribution in [0.1, 0.15) is 25.3 Å². The largest absolute Gasteiger partial charge is 0.392 e. The molecule has 2 rings (SSSR count). The number of hydrogen-bond acceptors (Lipinski definition) is 4. The van der Waals surface area contributed by atoms with Gasteiger partial charge in [-0.3, -0.25) is 0 Å². The summed E-state index contributed by atoms with van der Waals surface area (Å²) in [5.41, 5.74) is 0.524. The van der Waals surface area contributed by atoms with Crippen LogP contribution in [0, 0.1) is 0 Å². The second-order valence-electron chi connectivity index (χ2n) is 5.01. The van der Waals surface area contributed by atoms with Gasteiger partial charge >= 0.3 is 0 Å². The van der Waals surface area contributed by atoms with E-state index in [1.165, 1.54) is 16.4 Å². The van der Waals surface area contributed by atoms with Gasteiger partial charge in [-0.1, -0.05) is 17.7 Å². The highest BCUT2D eigenvalue weighted by atomic mass is 35.5. The summed E-state index contributed by atoms with van der Waals surface area (Å²) in [6.45, 7) is 3.05. The average Bonchev–Trinajstić information content (AvgIpc) is 2.48. The van der Waals surface area contributed by atoms with Crippen molar-refractivity contribution >= 4 is 21.6 Å². The summed E-state index contributed by atoms with van der Waals surface area (Å²) in [6.07, 6.45) is 1.56. The Labute approximate surface area is 130 Å². The Morgan fingerprint density at radius 1 is 1.48 bits per heavy atom. The number of nitrogens with zero attached hydrogens (tertiary/aromatic N) is 1. The number of aliphatic hydroxyl groups excluding tert-OH is 1. The molecule has 1 saturated heterocycles. The minimum Gasteiger partial charge on any atom is -0.392 e. The molecule has 21 heavy (non-hydrogen) atoms. The SMILES string of the molecule is CCOC1CCCN(S(=O)(=O)c2cc(CO)ccc2Cl)C1. The third-order valence-electron chi connectivity index (χ3n) is 3.54. The zero-order chi connectivity index (χ0) is 15.5. The van der Waals surface area contributed by atoms with Gasteiger partial charge in [0.1, 0.15) is 4.90 Å². The van der Waals surface area contributed by atoms with Gasteiger partial charge in [-0.05, 0) is 37.5 Å². The van der Waals surface area contributed by atoms with E-state index in [0.29, 0.717) is 25.3 Å². The normalized spacial score (nSPS) is 20.6. The second-order valence-corrected chi connectivity index (χ2v) is 7.32. The van der Waals surface area contributed by atoms with Crippen molar-refractivity contribution in [2.75, 3.05) is 19.7 Å². The zero-order valence-corrected chi connectivity index (χ0v) is 13.5. The van der Waals surface area contributed by atoms with Gasteiger partial charge in [0.2, 0.25) is 10.0 Å². The summed E-state index contributed by atoms with van der Waals surface area (Å²) in [5, 5.41) is 9.34. The maximum Gasteiger partial charge on any atom is 0.244 e. The van der Waals surface area contributed by atoms with Crippen molar-refractivity contribution < 1.29 is 18.3 Å². The molecule has 1 aromatic carbocycles. The number of aliphatic hydroxyl groups is 1. The highest BCUT2D eigenvalue weighted by molar-refractivity contribution is 7.89. The Bertz CT molecular complexity index is 589. The molecular weight excluding hydrogens is 314 g/mol. The molecule has 0 amide bonds. The summed E-state index contributed by atoms with van der Waals surface area (Å²) >= 11 is 6.04. The Balaban J connectivity index is 2.29. The molecule has 0 aliphatic carbocycles. The van der Waals surface area contributed by atoms with Crippen LogP contribution in [-0.4, -0.2) is 43.6 Å². The summed E-state index contributed by atoms with van der Waals surface area (Å²) in [4.78, 5) is 0.0489. The Morgan fingerprint density at radius 3 is 2.90 bits per heavy atom. The molecule has 0 bridgehead atoms. The maximum absolute atomic E-state index is 12.7. The average molecular weight is 334 g/mol. The van der Waals surface area contributed by atoms with Gasteiger partial charge in [-0.2, -0.15) is 4.31 Å². The fraction of sp³-hybridized carbons (Fsp3) is 0.571. The van der Waals surface area contributed by atoms with E-state index in [4.69, 9.17) is 21.4 Å². The summed E-state index contributed by atoms with van der Waals surface area (Å²) in [5.74, 6) is 0. The molecule has 1 aromatic rings. The van der Waals surface area contributed by atoms with E-state index in [0.717, 1.165) is 12.8 Å². The Hall–Kier alpha value is -0.660. The van der Waals surface area contributed by atoms with Crippen molar-refractivity contribution in [2.45, 2.75) is 37.4 Å². The lowest BCUT2D eigenvalue weighted by Crippen LogP contribution is -2.43. The molecule has 0 radical (unpaired) electrons. The molecule has 1 atom stereocenters. The van der Waals surface area contributed by atoms with Crippen molar-refractivity contribution in [1.82, 2.24) is 4.31 Å². The summed E-state index contributed by atoms with van der Waals surface area (Å²) in [7, 11) is -3.67. The van der Waals surface area contributed by atoms with Crippen molar-refractivity contribution in [3.8, 4) is 0 Å². The van der Waals surface area contributed by atoms with Crippen LogP contribution in [0.5, 0.6) is 0 Å². The fourth-order valence-electron chi connectivity index (χ4n) is 2.48. The van der Waals surface area contributed by atoms with Gasteiger partial charge in [0.05, 0.1) is 17.7 Å². The van der Waals surface area contributed by atoms with Gasteiger partial charge in [0.25, 0.3) is 0 Å². The van der Waals surface area contributed by atoms with Crippen LogP contribution < -0.4 is 0 Å². The molecule has 118 valence electrons. The summed E-state index contributed by atoms with van der Waals surface area (Å²) in [6, 6.07) is 4.55. The first-order chi connectivity index (χ1) is 9.98. The lowest BCUT2D eigenvalue weighted by molar-refractivity contribution is 0.0265. The van der Waals surface area contributed by atoms with E-state index >= 15 is 0 Å². The van der Waals surface area contributed by atoms with Gasteiger partial charge < -0.3 is 9.84 Å². The van der Waals surface area contributed by atoms with E-state index in [1.54, 1.807) is 6.07 Å². The first kappa shape index (κ1) is 16.7. The van der Waals surface area contributed by atoms with Crippen LogP contribution in [0.4, 0.5) is 0 Å². The van der Waals surface area contributed by atoms with Crippen molar-refractivity contribution in [1.29, 1.82) is 0 Å². The first-order valence-electron chi connectivity index (χ1n) is 7.00. The molecular formula is C14H20ClNO4S. The van der Waals surface area contributed by atoms with E-state index in [-0.39, 0.29) is 22.6 Å². The zero-order valence-electron chi connectivity index (χ0n) is 12.0. The van der Waals surface area contributed by atoms with Crippen LogP contribution in [0.25, 0.3) is 0 Å². The first-order valence-corrected chi connectivity index (χ1v) is 8.82. The predicted octanol–water partition coefficient (Wildman–Crippen LogP) is 2.02. The van der Waals surface area contributed by atoms with Crippen molar-refractivity contribution in [3.05, 3.63) is 28.8 Å². The Morgan fingerprint density at radius 2 is 2.24 bits per heavy atom. The highest BCUT2D eigenvalue weighted by Crippen LogP contribution is 2.28. The molecule has 0 saturated carbocycles. The second kappa shape index (κ2) is 7.07. The molecule has 0 spiro atoms. The van der Waals surface area contributed by atoms with Crippen LogP contribution in [0.2, 0.25) is 5.02 Å². The molecule has 1 unspecified atom stereocenters. The number of ether oxygens (including phenoxy) is 1. The van der Waals surface area contributed by atoms with Gasteiger partial charge in [-0.25, -0.2) is 8.42 Å². The molecule has 1 fully saturated rings. The number of rotatable bonds is 5.